The fourth-order valence-corrected chi connectivity index (χ4v) is 6.22. The van der Waals surface area contributed by atoms with Crippen LogP contribution < -0.4 is 0 Å². The molecule has 10 heteroatoms. The molecule has 116 valence electrons. The minimum Gasteiger partial charge on any atom is -0.218 e. The number of fused-ring (bicyclic) bond motifs is 2. The zero-order valence-corrected chi connectivity index (χ0v) is 11.9. The summed E-state index contributed by atoms with van der Waals surface area (Å²) in [5, 5.41) is 0. The van der Waals surface area contributed by atoms with Crippen molar-refractivity contribution in [3.8, 4) is 0 Å². The summed E-state index contributed by atoms with van der Waals surface area (Å²) in [5.41, 5.74) is 0. The van der Waals surface area contributed by atoms with Crippen molar-refractivity contribution < 1.29 is 34.4 Å². The van der Waals surface area contributed by atoms with Gasteiger partial charge in [0, 0.05) is 0 Å². The topological polar surface area (TPSA) is 68.3 Å². The van der Waals surface area contributed by atoms with E-state index in [2.05, 4.69) is 0 Å². The van der Waals surface area contributed by atoms with E-state index >= 15 is 0 Å². The third-order valence-electron chi connectivity index (χ3n) is 3.13. The number of hydrogen-bond donors (Lipinski definition) is 0. The summed E-state index contributed by atoms with van der Waals surface area (Å²) in [6, 6.07) is 0.785. The highest BCUT2D eigenvalue weighted by molar-refractivity contribution is 7.97. The van der Waals surface area contributed by atoms with Crippen LogP contribution >= 0.6 is 0 Å². The first-order chi connectivity index (χ1) is 10.1. The van der Waals surface area contributed by atoms with Crippen LogP contribution in [-0.4, -0.2) is 16.8 Å². The Morgan fingerprint density at radius 1 is 0.500 bits per heavy atom. The Balaban J connectivity index is 2.55. The molecular formula is C12H4F4O4S2. The lowest BCUT2D eigenvalue weighted by Crippen LogP contribution is -2.21. The fraction of sp³-hybridized carbons (Fsp3) is 0. The van der Waals surface area contributed by atoms with Gasteiger partial charge in [-0.15, -0.1) is 0 Å². The highest BCUT2D eigenvalue weighted by Gasteiger charge is 2.41. The summed E-state index contributed by atoms with van der Waals surface area (Å²) >= 11 is 0. The Morgan fingerprint density at radius 3 is 0.864 bits per heavy atom. The van der Waals surface area contributed by atoms with Crippen molar-refractivity contribution in [3.05, 3.63) is 47.5 Å². The Bertz CT molecular complexity index is 888. The largest absolute Gasteiger partial charge is 0.218 e. The third-order valence-corrected chi connectivity index (χ3v) is 7.06. The molecule has 0 spiro atoms. The van der Waals surface area contributed by atoms with Crippen molar-refractivity contribution in [1.29, 1.82) is 0 Å². The second-order valence-electron chi connectivity index (χ2n) is 4.43. The van der Waals surface area contributed by atoms with Gasteiger partial charge in [0.05, 0.1) is 19.6 Å². The molecule has 0 aliphatic carbocycles. The van der Waals surface area contributed by atoms with E-state index in [1.807, 2.05) is 0 Å². The second-order valence-corrected chi connectivity index (χ2v) is 8.21. The Kier molecular flexibility index (Phi) is 2.92. The molecule has 0 fully saturated rings. The van der Waals surface area contributed by atoms with Crippen molar-refractivity contribution in [2.24, 2.45) is 0 Å². The zero-order valence-electron chi connectivity index (χ0n) is 10.3. The maximum atomic E-state index is 13.3. The average molecular weight is 352 g/mol. The van der Waals surface area contributed by atoms with Gasteiger partial charge in [-0.2, -0.15) is 0 Å². The molecule has 1 aliphatic rings. The summed E-state index contributed by atoms with van der Waals surface area (Å²) in [4.78, 5) is -4.09. The summed E-state index contributed by atoms with van der Waals surface area (Å²) in [6.45, 7) is 0. The first-order valence-electron chi connectivity index (χ1n) is 5.55. The van der Waals surface area contributed by atoms with Gasteiger partial charge in [0.15, 0.2) is 23.3 Å². The van der Waals surface area contributed by atoms with Crippen molar-refractivity contribution in [1.82, 2.24) is 0 Å². The van der Waals surface area contributed by atoms with Crippen molar-refractivity contribution in [3.63, 3.8) is 0 Å². The molecular weight excluding hydrogens is 348 g/mol. The molecule has 22 heavy (non-hydrogen) atoms. The number of halogens is 4. The lowest BCUT2D eigenvalue weighted by molar-refractivity contribution is 0.490. The van der Waals surface area contributed by atoms with E-state index < -0.39 is 62.5 Å². The van der Waals surface area contributed by atoms with Gasteiger partial charge in [0.2, 0.25) is 19.7 Å². The standard InChI is InChI=1S/C12H4F4O4S2/c13-5-1-9-10(2-6(5)14)22(19,20)12-4-8(16)7(15)3-11(12)21(9,17)18/h1-4H. The first-order valence-corrected chi connectivity index (χ1v) is 8.51. The van der Waals surface area contributed by atoms with Crippen molar-refractivity contribution >= 4 is 19.7 Å². The van der Waals surface area contributed by atoms with Crippen molar-refractivity contribution in [2.45, 2.75) is 19.6 Å². The molecule has 0 unspecified atom stereocenters. The van der Waals surface area contributed by atoms with Gasteiger partial charge in [0.25, 0.3) is 0 Å². The van der Waals surface area contributed by atoms with E-state index in [-0.39, 0.29) is 24.3 Å². The number of benzene rings is 2. The van der Waals surface area contributed by atoms with Gasteiger partial charge in [-0.1, -0.05) is 0 Å². The van der Waals surface area contributed by atoms with E-state index in [1.165, 1.54) is 0 Å². The van der Waals surface area contributed by atoms with E-state index in [4.69, 9.17) is 0 Å². The molecule has 0 aromatic heterocycles. The fourth-order valence-electron chi connectivity index (χ4n) is 2.10. The van der Waals surface area contributed by atoms with Crippen LogP contribution in [0.4, 0.5) is 17.6 Å². The molecule has 1 aliphatic heterocycles. The molecule has 0 atom stereocenters. The molecule has 4 nitrogen and oxygen atoms in total. The monoisotopic (exact) mass is 352 g/mol. The minimum atomic E-state index is -4.64. The predicted molar refractivity (Wildman–Crippen MR) is 63.6 cm³/mol. The SMILES string of the molecule is O=S1(=O)c2cc(F)c(F)cc2S(=O)(=O)c2cc(F)c(F)cc21. The minimum absolute atomic E-state index is 0.196. The Morgan fingerprint density at radius 2 is 0.682 bits per heavy atom. The molecule has 2 aromatic carbocycles. The van der Waals surface area contributed by atoms with Crippen LogP contribution in [0.2, 0.25) is 0 Å². The summed E-state index contributed by atoms with van der Waals surface area (Å²) < 4.78 is 102. The van der Waals surface area contributed by atoms with Gasteiger partial charge in [-0.3, -0.25) is 0 Å². The van der Waals surface area contributed by atoms with Crippen LogP contribution in [0, 0.1) is 23.3 Å². The average Bonchev–Trinajstić information content (AvgIpc) is 2.42. The Labute approximate surface area is 121 Å². The van der Waals surface area contributed by atoms with Gasteiger partial charge < -0.3 is 0 Å². The van der Waals surface area contributed by atoms with E-state index in [1.54, 1.807) is 0 Å². The lowest BCUT2D eigenvalue weighted by Gasteiger charge is -2.20. The maximum Gasteiger partial charge on any atom is 0.209 e. The van der Waals surface area contributed by atoms with Crippen LogP contribution in [0.3, 0.4) is 0 Å². The summed E-state index contributed by atoms with van der Waals surface area (Å²) in [6.07, 6.45) is 0. The van der Waals surface area contributed by atoms with Gasteiger partial charge in [-0.25, -0.2) is 34.4 Å². The molecule has 0 radical (unpaired) electrons. The number of rotatable bonds is 0. The number of sulfone groups is 2. The second kappa shape index (κ2) is 4.29. The molecule has 0 N–H and O–H groups in total. The smallest absolute Gasteiger partial charge is 0.209 e. The van der Waals surface area contributed by atoms with Gasteiger partial charge in [0.1, 0.15) is 0 Å². The molecule has 2 aromatic rings. The highest BCUT2D eigenvalue weighted by atomic mass is 32.2. The van der Waals surface area contributed by atoms with Crippen LogP contribution in [0.1, 0.15) is 0 Å². The first kappa shape index (κ1) is 15.0. The van der Waals surface area contributed by atoms with Crippen LogP contribution in [0.15, 0.2) is 43.8 Å². The van der Waals surface area contributed by atoms with Crippen LogP contribution in [-0.2, 0) is 19.7 Å². The zero-order chi connectivity index (χ0) is 16.4. The van der Waals surface area contributed by atoms with Crippen molar-refractivity contribution in [2.75, 3.05) is 0 Å². The normalized spacial score (nSPS) is 17.6. The van der Waals surface area contributed by atoms with E-state index in [0.29, 0.717) is 0 Å². The van der Waals surface area contributed by atoms with E-state index in [0.717, 1.165) is 0 Å². The molecule has 0 bridgehead atoms. The van der Waals surface area contributed by atoms with Gasteiger partial charge in [-0.05, 0) is 24.3 Å². The summed E-state index contributed by atoms with van der Waals surface area (Å²) in [7, 11) is -9.29. The number of hydrogen-bond acceptors (Lipinski definition) is 4. The van der Waals surface area contributed by atoms with Crippen LogP contribution in [0.25, 0.3) is 0 Å². The molecule has 0 saturated heterocycles. The maximum absolute atomic E-state index is 13.3. The molecule has 0 saturated carbocycles. The Hall–Kier alpha value is -1.94. The van der Waals surface area contributed by atoms with Gasteiger partial charge >= 0.3 is 0 Å². The van der Waals surface area contributed by atoms with Crippen LogP contribution in [0.5, 0.6) is 0 Å². The third kappa shape index (κ3) is 1.80. The van der Waals surface area contributed by atoms with E-state index in [9.17, 15) is 34.4 Å². The summed E-state index contributed by atoms with van der Waals surface area (Å²) in [5.74, 6) is -6.32. The molecule has 3 rings (SSSR count). The predicted octanol–water partition coefficient (Wildman–Crippen LogP) is 2.22. The molecule has 1 heterocycles. The quantitative estimate of drug-likeness (QED) is 0.460. The molecule has 0 amide bonds. The lowest BCUT2D eigenvalue weighted by atomic mass is 10.3. The highest BCUT2D eigenvalue weighted by Crippen LogP contribution is 2.41.